The van der Waals surface area contributed by atoms with Gasteiger partial charge in [-0.25, -0.2) is 4.98 Å². The molecule has 1 amide bonds. The fourth-order valence-electron chi connectivity index (χ4n) is 2.66. The zero-order chi connectivity index (χ0) is 17.4. The fraction of sp³-hybridized carbons (Fsp3) is 0.222. The zero-order valence-electron chi connectivity index (χ0n) is 13.5. The molecule has 3 aromatic rings. The molecule has 0 atom stereocenters. The molecule has 0 unspecified atom stereocenters. The predicted octanol–water partition coefficient (Wildman–Crippen LogP) is 3.99. The molecule has 0 spiro atoms. The number of hydrogen-bond acceptors (Lipinski definition) is 6. The van der Waals surface area contributed by atoms with Crippen LogP contribution >= 0.6 is 11.5 Å². The van der Waals surface area contributed by atoms with Crippen molar-refractivity contribution in [3.8, 4) is 6.07 Å². The molecular formula is C18H15N5OS. The zero-order valence-corrected chi connectivity index (χ0v) is 14.4. The topological polar surface area (TPSA) is 90.7 Å². The van der Waals surface area contributed by atoms with Crippen LogP contribution < -0.4 is 10.6 Å². The van der Waals surface area contributed by atoms with Crippen LogP contribution in [-0.2, 0) is 4.79 Å². The lowest BCUT2D eigenvalue weighted by molar-refractivity contribution is -0.119. The van der Waals surface area contributed by atoms with Crippen LogP contribution in [0.15, 0.2) is 36.5 Å². The number of aryl methyl sites for hydroxylation is 1. The highest BCUT2D eigenvalue weighted by atomic mass is 32.1. The monoisotopic (exact) mass is 349 g/mol. The first-order valence-electron chi connectivity index (χ1n) is 7.91. The number of fused-ring (bicyclic) bond motifs is 1. The molecule has 2 N–H and O–H groups in total. The normalized spacial score (nSPS) is 14.7. The summed E-state index contributed by atoms with van der Waals surface area (Å²) in [6, 6.07) is 11.6. The van der Waals surface area contributed by atoms with E-state index in [1.54, 1.807) is 6.20 Å². The van der Waals surface area contributed by atoms with Gasteiger partial charge < -0.3 is 10.6 Å². The molecule has 0 aliphatic heterocycles. The van der Waals surface area contributed by atoms with Gasteiger partial charge in [0, 0.05) is 17.3 Å². The number of benzene rings is 1. The largest absolute Gasteiger partial charge is 0.330 e. The van der Waals surface area contributed by atoms with Crippen molar-refractivity contribution in [2.75, 3.05) is 10.6 Å². The summed E-state index contributed by atoms with van der Waals surface area (Å²) in [4.78, 5) is 16.6. The minimum Gasteiger partial charge on any atom is -0.330 e. The van der Waals surface area contributed by atoms with Crippen molar-refractivity contribution in [3.63, 3.8) is 0 Å². The Morgan fingerprint density at radius 2 is 2.16 bits per heavy atom. The second kappa shape index (κ2) is 5.83. The van der Waals surface area contributed by atoms with E-state index in [0.29, 0.717) is 18.5 Å². The van der Waals surface area contributed by atoms with Gasteiger partial charge in [0.2, 0.25) is 5.91 Å². The Kier molecular flexibility index (Phi) is 3.62. The summed E-state index contributed by atoms with van der Waals surface area (Å²) in [6.07, 6.45) is 2.99. The van der Waals surface area contributed by atoms with E-state index < -0.39 is 5.41 Å². The summed E-state index contributed by atoms with van der Waals surface area (Å²) in [5.74, 6) is 0.525. The number of nitrogens with zero attached hydrogens (tertiary/aromatic N) is 3. The molecule has 2 heterocycles. The fourth-order valence-corrected chi connectivity index (χ4v) is 3.32. The third-order valence-electron chi connectivity index (χ3n) is 4.29. The Bertz CT molecular complexity index is 1020. The van der Waals surface area contributed by atoms with Crippen LogP contribution in [0.3, 0.4) is 0 Å². The van der Waals surface area contributed by atoms with Crippen LogP contribution in [0.2, 0.25) is 0 Å². The van der Waals surface area contributed by atoms with Gasteiger partial charge in [0.15, 0.2) is 0 Å². The van der Waals surface area contributed by atoms with Gasteiger partial charge in [-0.3, -0.25) is 4.79 Å². The van der Waals surface area contributed by atoms with Gasteiger partial charge in [-0.2, -0.15) is 9.64 Å². The van der Waals surface area contributed by atoms with E-state index in [4.69, 9.17) is 5.26 Å². The molecule has 2 aromatic heterocycles. The summed E-state index contributed by atoms with van der Waals surface area (Å²) in [5, 5.41) is 18.1. The van der Waals surface area contributed by atoms with Gasteiger partial charge in [-0.15, -0.1) is 0 Å². The minimum absolute atomic E-state index is 0.220. The van der Waals surface area contributed by atoms with Crippen molar-refractivity contribution >= 4 is 44.7 Å². The number of nitriles is 1. The van der Waals surface area contributed by atoms with Crippen LogP contribution in [0.25, 0.3) is 10.8 Å². The predicted molar refractivity (Wildman–Crippen MR) is 97.8 cm³/mol. The lowest BCUT2D eigenvalue weighted by Crippen LogP contribution is -2.22. The summed E-state index contributed by atoms with van der Waals surface area (Å²) < 4.78 is 4.25. The SMILES string of the molecule is Cc1cc(Nc2nccc3cc(NC(=O)C4(C#N)CC4)ccc23)sn1. The first-order chi connectivity index (χ1) is 12.1. The third kappa shape index (κ3) is 2.92. The van der Waals surface area contributed by atoms with E-state index in [2.05, 4.69) is 26.1 Å². The van der Waals surface area contributed by atoms with Gasteiger partial charge >= 0.3 is 0 Å². The Labute approximate surface area is 148 Å². The maximum atomic E-state index is 12.2. The number of rotatable bonds is 4. The van der Waals surface area contributed by atoms with Crippen molar-refractivity contribution in [2.45, 2.75) is 19.8 Å². The van der Waals surface area contributed by atoms with Crippen molar-refractivity contribution in [1.82, 2.24) is 9.36 Å². The van der Waals surface area contributed by atoms with Crippen LogP contribution in [0.4, 0.5) is 16.5 Å². The summed E-state index contributed by atoms with van der Waals surface area (Å²) >= 11 is 1.39. The second-order valence-corrected chi connectivity index (χ2v) is 7.01. The lowest BCUT2D eigenvalue weighted by Gasteiger charge is -2.11. The molecular weight excluding hydrogens is 334 g/mol. The molecule has 0 saturated heterocycles. The van der Waals surface area contributed by atoms with Crippen molar-refractivity contribution in [1.29, 1.82) is 5.26 Å². The second-order valence-electron chi connectivity index (χ2n) is 6.20. The quantitative estimate of drug-likeness (QED) is 0.743. The molecule has 124 valence electrons. The van der Waals surface area contributed by atoms with Crippen LogP contribution in [-0.4, -0.2) is 15.3 Å². The number of pyridine rings is 1. The molecule has 25 heavy (non-hydrogen) atoms. The van der Waals surface area contributed by atoms with Crippen molar-refractivity contribution < 1.29 is 4.79 Å². The van der Waals surface area contributed by atoms with E-state index in [1.165, 1.54) is 11.5 Å². The number of carbonyl (C=O) groups excluding carboxylic acids is 1. The highest BCUT2D eigenvalue weighted by molar-refractivity contribution is 7.10. The summed E-state index contributed by atoms with van der Waals surface area (Å²) in [5.41, 5.74) is 0.818. The summed E-state index contributed by atoms with van der Waals surface area (Å²) in [7, 11) is 0. The number of anilines is 3. The van der Waals surface area contributed by atoms with Crippen LogP contribution in [0, 0.1) is 23.7 Å². The Balaban J connectivity index is 1.61. The maximum absolute atomic E-state index is 12.2. The maximum Gasteiger partial charge on any atom is 0.244 e. The molecule has 1 fully saturated rings. The molecule has 1 aliphatic rings. The first kappa shape index (κ1) is 15.5. The third-order valence-corrected chi connectivity index (χ3v) is 5.09. The Morgan fingerprint density at radius 3 is 2.84 bits per heavy atom. The molecule has 1 saturated carbocycles. The van der Waals surface area contributed by atoms with Gasteiger partial charge in [-0.1, -0.05) is 0 Å². The standard InChI is InChI=1S/C18H15N5OS/c1-11-8-15(25-23-11)22-16-14-3-2-13(9-12(14)4-7-20-16)21-17(24)18(10-19)5-6-18/h2-4,7-9H,5-6H2,1H3,(H,20,22)(H,21,24). The molecule has 0 radical (unpaired) electrons. The highest BCUT2D eigenvalue weighted by Gasteiger charge is 2.50. The van der Waals surface area contributed by atoms with E-state index in [-0.39, 0.29) is 5.91 Å². The van der Waals surface area contributed by atoms with Crippen molar-refractivity contribution in [3.05, 3.63) is 42.2 Å². The number of carbonyl (C=O) groups is 1. The molecule has 0 bridgehead atoms. The van der Waals surface area contributed by atoms with Crippen LogP contribution in [0.5, 0.6) is 0 Å². The van der Waals surface area contributed by atoms with Gasteiger partial charge in [-0.05, 0) is 67.0 Å². The molecule has 6 nitrogen and oxygen atoms in total. The smallest absolute Gasteiger partial charge is 0.244 e. The Hall–Kier alpha value is -2.98. The lowest BCUT2D eigenvalue weighted by atomic mass is 10.1. The molecule has 1 aliphatic carbocycles. The Morgan fingerprint density at radius 1 is 1.32 bits per heavy atom. The highest BCUT2D eigenvalue weighted by Crippen LogP contribution is 2.45. The van der Waals surface area contributed by atoms with Gasteiger partial charge in [0.05, 0.1) is 11.8 Å². The van der Waals surface area contributed by atoms with Gasteiger partial charge in [0.25, 0.3) is 0 Å². The average Bonchev–Trinajstić information content (AvgIpc) is 3.32. The number of amides is 1. The summed E-state index contributed by atoms with van der Waals surface area (Å²) in [6.45, 7) is 1.95. The number of aromatic nitrogens is 2. The van der Waals surface area contributed by atoms with Gasteiger partial charge in [0.1, 0.15) is 16.2 Å². The van der Waals surface area contributed by atoms with E-state index in [1.807, 2.05) is 37.3 Å². The van der Waals surface area contributed by atoms with Crippen molar-refractivity contribution in [2.24, 2.45) is 5.41 Å². The molecule has 4 rings (SSSR count). The molecule has 7 heteroatoms. The van der Waals surface area contributed by atoms with E-state index in [9.17, 15) is 4.79 Å². The van der Waals surface area contributed by atoms with E-state index in [0.717, 1.165) is 27.3 Å². The van der Waals surface area contributed by atoms with Crippen LogP contribution in [0.1, 0.15) is 18.5 Å². The van der Waals surface area contributed by atoms with E-state index >= 15 is 0 Å². The molecule has 1 aromatic carbocycles. The minimum atomic E-state index is -0.829. The average molecular weight is 349 g/mol. The first-order valence-corrected chi connectivity index (χ1v) is 8.69. The number of nitrogens with one attached hydrogen (secondary N) is 2. The number of hydrogen-bond donors (Lipinski definition) is 2.